The van der Waals surface area contributed by atoms with Crippen LogP contribution in [0.1, 0.15) is 27.2 Å². The van der Waals surface area contributed by atoms with Gasteiger partial charge < -0.3 is 4.55 Å². The SMILES string of the molecule is CC/C(C)=C/C(C)S(=O)(=O)[O-].[Na+]. The molecule has 0 bridgehead atoms. The van der Waals surface area contributed by atoms with E-state index in [0.717, 1.165) is 12.0 Å². The smallest absolute Gasteiger partial charge is 0.747 e. The standard InChI is InChI=1S/C7H14O3S.Na/c1-4-6(2)5-7(3)11(8,9)10;/h5,7H,4H2,1-3H3,(H,8,9,10);/q;+1/p-1/b6-5+;. The van der Waals surface area contributed by atoms with Gasteiger partial charge in [-0.15, -0.1) is 0 Å². The predicted octanol–water partition coefficient (Wildman–Crippen LogP) is -1.72. The van der Waals surface area contributed by atoms with Crippen molar-refractivity contribution in [1.82, 2.24) is 0 Å². The van der Waals surface area contributed by atoms with Crippen molar-refractivity contribution in [1.29, 1.82) is 0 Å². The molecule has 0 aromatic rings. The molecule has 3 nitrogen and oxygen atoms in total. The third kappa shape index (κ3) is 6.20. The minimum Gasteiger partial charge on any atom is -0.747 e. The van der Waals surface area contributed by atoms with Crippen molar-refractivity contribution in [3.63, 3.8) is 0 Å². The van der Waals surface area contributed by atoms with Gasteiger partial charge in [-0.2, -0.15) is 0 Å². The molecule has 0 N–H and O–H groups in total. The van der Waals surface area contributed by atoms with E-state index in [9.17, 15) is 13.0 Å². The topological polar surface area (TPSA) is 57.2 Å². The van der Waals surface area contributed by atoms with E-state index in [4.69, 9.17) is 0 Å². The zero-order valence-corrected chi connectivity index (χ0v) is 10.8. The molecule has 0 aliphatic carbocycles. The summed E-state index contributed by atoms with van der Waals surface area (Å²) in [4.78, 5) is 0. The van der Waals surface area contributed by atoms with Gasteiger partial charge >= 0.3 is 29.6 Å². The van der Waals surface area contributed by atoms with E-state index in [1.54, 1.807) is 0 Å². The zero-order chi connectivity index (χ0) is 9.07. The zero-order valence-electron chi connectivity index (χ0n) is 7.99. The van der Waals surface area contributed by atoms with Crippen molar-refractivity contribution in [3.8, 4) is 0 Å². The van der Waals surface area contributed by atoms with Crippen LogP contribution in [-0.4, -0.2) is 18.2 Å². The maximum absolute atomic E-state index is 10.4. The van der Waals surface area contributed by atoms with Crippen LogP contribution in [0.2, 0.25) is 0 Å². The Bertz CT molecular complexity index is 243. The van der Waals surface area contributed by atoms with Crippen molar-refractivity contribution in [2.24, 2.45) is 0 Å². The van der Waals surface area contributed by atoms with Crippen LogP contribution in [0.25, 0.3) is 0 Å². The Hall–Kier alpha value is 0.650. The molecule has 0 heterocycles. The molecule has 66 valence electrons. The Morgan fingerprint density at radius 3 is 2.25 bits per heavy atom. The number of hydrogen-bond donors (Lipinski definition) is 0. The second-order valence-electron chi connectivity index (χ2n) is 2.56. The Kier molecular flexibility index (Phi) is 7.77. The molecule has 0 fully saturated rings. The van der Waals surface area contributed by atoms with Crippen molar-refractivity contribution in [2.75, 3.05) is 0 Å². The molecular formula is C7H13NaO3S. The molecule has 0 saturated carbocycles. The molecule has 0 saturated heterocycles. The molecule has 0 aromatic heterocycles. The maximum Gasteiger partial charge on any atom is 1.00 e. The van der Waals surface area contributed by atoms with Gasteiger partial charge in [0.15, 0.2) is 0 Å². The summed E-state index contributed by atoms with van der Waals surface area (Å²) in [7, 11) is -4.13. The summed E-state index contributed by atoms with van der Waals surface area (Å²) >= 11 is 0. The van der Waals surface area contributed by atoms with Crippen LogP contribution in [-0.2, 0) is 10.1 Å². The first-order valence-corrected chi connectivity index (χ1v) is 4.97. The fraction of sp³-hybridized carbons (Fsp3) is 0.714. The van der Waals surface area contributed by atoms with Gasteiger partial charge in [-0.3, -0.25) is 0 Å². The summed E-state index contributed by atoms with van der Waals surface area (Å²) in [6.45, 7) is 5.11. The summed E-state index contributed by atoms with van der Waals surface area (Å²) in [5, 5.41) is -0.901. The van der Waals surface area contributed by atoms with Crippen LogP contribution < -0.4 is 29.6 Å². The number of rotatable bonds is 3. The number of allylic oxidation sites excluding steroid dienone is 1. The average molecular weight is 200 g/mol. The molecule has 5 heteroatoms. The van der Waals surface area contributed by atoms with Gasteiger partial charge in [0.25, 0.3) is 0 Å². The Balaban J connectivity index is 0. The summed E-state index contributed by atoms with van der Waals surface area (Å²) in [5.74, 6) is 0. The second kappa shape index (κ2) is 6.16. The molecule has 0 aliphatic rings. The van der Waals surface area contributed by atoms with Crippen LogP contribution in [0.4, 0.5) is 0 Å². The fourth-order valence-electron chi connectivity index (χ4n) is 0.602. The normalized spacial score (nSPS) is 15.2. The Morgan fingerprint density at radius 1 is 1.58 bits per heavy atom. The van der Waals surface area contributed by atoms with Gasteiger partial charge in [0.05, 0.1) is 5.25 Å². The van der Waals surface area contributed by atoms with E-state index in [-0.39, 0.29) is 29.6 Å². The first-order chi connectivity index (χ1) is 4.88. The maximum atomic E-state index is 10.4. The number of hydrogen-bond acceptors (Lipinski definition) is 3. The molecule has 0 radical (unpaired) electrons. The van der Waals surface area contributed by atoms with E-state index in [0.29, 0.717) is 0 Å². The summed E-state index contributed by atoms with van der Waals surface area (Å²) in [6.07, 6.45) is 2.27. The molecule has 0 spiro atoms. The van der Waals surface area contributed by atoms with E-state index in [2.05, 4.69) is 0 Å². The average Bonchev–Trinajstić information content (AvgIpc) is 1.85. The van der Waals surface area contributed by atoms with Crippen molar-refractivity contribution < 1.29 is 42.5 Å². The monoisotopic (exact) mass is 200 g/mol. The summed E-state index contributed by atoms with van der Waals surface area (Å²) in [6, 6.07) is 0. The van der Waals surface area contributed by atoms with Crippen molar-refractivity contribution in [2.45, 2.75) is 32.4 Å². The fourth-order valence-corrected chi connectivity index (χ4v) is 1.00. The molecule has 0 aliphatic heterocycles. The molecule has 1 atom stereocenters. The van der Waals surface area contributed by atoms with Crippen LogP contribution in [0.5, 0.6) is 0 Å². The predicted molar refractivity (Wildman–Crippen MR) is 43.2 cm³/mol. The van der Waals surface area contributed by atoms with Crippen LogP contribution in [0.15, 0.2) is 11.6 Å². The van der Waals surface area contributed by atoms with E-state index in [1.807, 2.05) is 13.8 Å². The third-order valence-corrected chi connectivity index (χ3v) is 2.58. The Labute approximate surface area is 96.3 Å². The van der Waals surface area contributed by atoms with Crippen LogP contribution in [0.3, 0.4) is 0 Å². The molecule has 0 amide bonds. The van der Waals surface area contributed by atoms with E-state index >= 15 is 0 Å². The molecule has 0 rings (SSSR count). The van der Waals surface area contributed by atoms with Gasteiger partial charge in [0.1, 0.15) is 10.1 Å². The molecular weight excluding hydrogens is 187 g/mol. The van der Waals surface area contributed by atoms with Crippen LogP contribution >= 0.6 is 0 Å². The molecule has 0 aromatic carbocycles. The third-order valence-electron chi connectivity index (χ3n) is 1.53. The van der Waals surface area contributed by atoms with Gasteiger partial charge in [-0.25, -0.2) is 8.42 Å². The van der Waals surface area contributed by atoms with Gasteiger partial charge in [-0.1, -0.05) is 18.6 Å². The van der Waals surface area contributed by atoms with E-state index in [1.165, 1.54) is 13.0 Å². The first-order valence-electron chi connectivity index (χ1n) is 3.50. The molecule has 1 unspecified atom stereocenters. The van der Waals surface area contributed by atoms with Gasteiger partial charge in [0.2, 0.25) is 0 Å². The van der Waals surface area contributed by atoms with Crippen molar-refractivity contribution >= 4 is 10.1 Å². The largest absolute Gasteiger partial charge is 1.00 e. The molecule has 12 heavy (non-hydrogen) atoms. The van der Waals surface area contributed by atoms with Gasteiger partial charge in [-0.05, 0) is 20.3 Å². The first kappa shape index (κ1) is 15.1. The van der Waals surface area contributed by atoms with E-state index < -0.39 is 15.4 Å². The quantitative estimate of drug-likeness (QED) is 0.309. The summed E-state index contributed by atoms with van der Waals surface area (Å²) < 4.78 is 31.1. The van der Waals surface area contributed by atoms with Crippen molar-refractivity contribution in [3.05, 3.63) is 11.6 Å². The minimum absolute atomic E-state index is 0. The Morgan fingerprint density at radius 2 is 2.00 bits per heavy atom. The second-order valence-corrected chi connectivity index (χ2v) is 4.29. The van der Waals surface area contributed by atoms with Crippen LogP contribution in [0, 0.1) is 0 Å². The van der Waals surface area contributed by atoms with Gasteiger partial charge in [0, 0.05) is 0 Å². The minimum atomic E-state index is -4.13. The summed E-state index contributed by atoms with van der Waals surface area (Å²) in [5.41, 5.74) is 0.928.